The summed E-state index contributed by atoms with van der Waals surface area (Å²) in [4.78, 5) is 0. The van der Waals surface area contributed by atoms with Crippen LogP contribution in [-0.2, 0) is 13.3 Å². The molecule has 0 amide bonds. The summed E-state index contributed by atoms with van der Waals surface area (Å²) < 4.78 is 18.2. The third-order valence-corrected chi connectivity index (χ3v) is 6.95. The average Bonchev–Trinajstić information content (AvgIpc) is 2.40. The lowest BCUT2D eigenvalue weighted by Crippen LogP contribution is -2.50. The van der Waals surface area contributed by atoms with E-state index in [0.29, 0.717) is 19.1 Å². The first-order chi connectivity index (χ1) is 9.17. The number of nitrogens with one attached hydrogen (secondary N) is 1. The van der Waals surface area contributed by atoms with Gasteiger partial charge in [0, 0.05) is 25.8 Å². The summed E-state index contributed by atoms with van der Waals surface area (Å²) >= 11 is 0. The van der Waals surface area contributed by atoms with Gasteiger partial charge in [-0.3, -0.25) is 0 Å². The molecule has 0 bridgehead atoms. The Bertz CT molecular complexity index is 218. The molecule has 0 aromatic carbocycles. The van der Waals surface area contributed by atoms with Crippen LogP contribution in [0.2, 0.25) is 6.04 Å². The van der Waals surface area contributed by atoms with Crippen LogP contribution in [0.15, 0.2) is 0 Å². The molecule has 114 valence electrons. The molecule has 1 rings (SSSR count). The van der Waals surface area contributed by atoms with Gasteiger partial charge in [0.1, 0.15) is 0 Å². The van der Waals surface area contributed by atoms with Gasteiger partial charge in [-0.05, 0) is 46.1 Å². The van der Waals surface area contributed by atoms with E-state index in [1.54, 1.807) is 0 Å². The van der Waals surface area contributed by atoms with E-state index in [0.717, 1.165) is 25.6 Å². The minimum atomic E-state index is -2.47. The summed E-state index contributed by atoms with van der Waals surface area (Å²) in [6, 6.07) is 0.916. The summed E-state index contributed by atoms with van der Waals surface area (Å²) in [5.74, 6) is 0.582. The second-order valence-electron chi connectivity index (χ2n) is 5.23. The van der Waals surface area contributed by atoms with Crippen molar-refractivity contribution < 1.29 is 13.3 Å². The highest BCUT2D eigenvalue weighted by molar-refractivity contribution is 6.60. The van der Waals surface area contributed by atoms with Gasteiger partial charge in [-0.25, -0.2) is 0 Å². The van der Waals surface area contributed by atoms with Crippen molar-refractivity contribution in [2.75, 3.05) is 26.3 Å². The Labute approximate surface area is 119 Å². The molecule has 0 radical (unpaired) electrons. The van der Waals surface area contributed by atoms with Gasteiger partial charge >= 0.3 is 8.80 Å². The monoisotopic (exact) mass is 289 g/mol. The standard InChI is InChI=1S/C14H31NO3Si/c1-5-11-19(16-6-2,17-7-3)18-13(4)14-9-8-10-15-12-14/h13-15H,5-12H2,1-4H3. The van der Waals surface area contributed by atoms with Crippen LogP contribution >= 0.6 is 0 Å². The molecule has 19 heavy (non-hydrogen) atoms. The van der Waals surface area contributed by atoms with Gasteiger partial charge < -0.3 is 18.6 Å². The molecule has 0 spiro atoms. The van der Waals surface area contributed by atoms with Gasteiger partial charge in [0.05, 0.1) is 6.10 Å². The molecule has 5 heteroatoms. The predicted octanol–water partition coefficient (Wildman–Crippen LogP) is 2.81. The van der Waals surface area contributed by atoms with E-state index in [1.807, 2.05) is 13.8 Å². The fourth-order valence-corrected chi connectivity index (χ4v) is 5.59. The molecule has 0 aliphatic carbocycles. The van der Waals surface area contributed by atoms with Crippen LogP contribution < -0.4 is 5.32 Å². The Hall–Kier alpha value is 0.0569. The fourth-order valence-electron chi connectivity index (χ4n) is 2.72. The summed E-state index contributed by atoms with van der Waals surface area (Å²) in [5.41, 5.74) is 0. The van der Waals surface area contributed by atoms with Gasteiger partial charge in [-0.2, -0.15) is 0 Å². The first-order valence-electron chi connectivity index (χ1n) is 7.83. The molecule has 1 aliphatic heterocycles. The van der Waals surface area contributed by atoms with Gasteiger partial charge in [0.25, 0.3) is 0 Å². The third-order valence-electron chi connectivity index (χ3n) is 3.65. The molecule has 2 unspecified atom stereocenters. The molecule has 0 aromatic heterocycles. The third kappa shape index (κ3) is 5.51. The molecule has 1 heterocycles. The van der Waals surface area contributed by atoms with Crippen molar-refractivity contribution in [2.24, 2.45) is 5.92 Å². The molecule has 0 saturated carbocycles. The van der Waals surface area contributed by atoms with Crippen molar-refractivity contribution in [2.45, 2.75) is 59.1 Å². The van der Waals surface area contributed by atoms with Crippen LogP contribution in [0.4, 0.5) is 0 Å². The number of piperidine rings is 1. The predicted molar refractivity (Wildman–Crippen MR) is 80.2 cm³/mol. The van der Waals surface area contributed by atoms with Crippen molar-refractivity contribution in [1.29, 1.82) is 0 Å². The summed E-state index contributed by atoms with van der Waals surface area (Å²) in [6.45, 7) is 11.9. The van der Waals surface area contributed by atoms with Gasteiger partial charge in [0.15, 0.2) is 0 Å². The summed E-state index contributed by atoms with van der Waals surface area (Å²) in [6.07, 6.45) is 3.73. The Kier molecular flexibility index (Phi) is 8.17. The quantitative estimate of drug-likeness (QED) is 0.663. The van der Waals surface area contributed by atoms with Crippen molar-refractivity contribution in [1.82, 2.24) is 5.32 Å². The zero-order valence-corrected chi connectivity index (χ0v) is 14.0. The van der Waals surface area contributed by atoms with E-state index in [1.165, 1.54) is 12.8 Å². The smallest absolute Gasteiger partial charge is 0.374 e. The number of rotatable bonds is 9. The van der Waals surface area contributed by atoms with E-state index in [-0.39, 0.29) is 6.10 Å². The minimum absolute atomic E-state index is 0.212. The fraction of sp³-hybridized carbons (Fsp3) is 1.00. The maximum atomic E-state index is 6.35. The normalized spacial score (nSPS) is 22.4. The second-order valence-corrected chi connectivity index (χ2v) is 7.91. The van der Waals surface area contributed by atoms with Crippen LogP contribution in [0.25, 0.3) is 0 Å². The maximum absolute atomic E-state index is 6.35. The van der Waals surface area contributed by atoms with Crippen LogP contribution in [-0.4, -0.2) is 41.2 Å². The van der Waals surface area contributed by atoms with Crippen molar-refractivity contribution in [3.63, 3.8) is 0 Å². The van der Waals surface area contributed by atoms with Gasteiger partial charge in [0.2, 0.25) is 0 Å². The molecular weight excluding hydrogens is 258 g/mol. The van der Waals surface area contributed by atoms with Crippen molar-refractivity contribution in [3.8, 4) is 0 Å². The number of hydrogen-bond acceptors (Lipinski definition) is 4. The highest BCUT2D eigenvalue weighted by Crippen LogP contribution is 2.25. The molecule has 1 saturated heterocycles. The molecular formula is C14H31NO3Si. The van der Waals surface area contributed by atoms with Crippen LogP contribution in [0, 0.1) is 5.92 Å². The van der Waals surface area contributed by atoms with E-state index < -0.39 is 8.80 Å². The van der Waals surface area contributed by atoms with E-state index in [9.17, 15) is 0 Å². The van der Waals surface area contributed by atoms with E-state index in [4.69, 9.17) is 13.3 Å². The van der Waals surface area contributed by atoms with Crippen LogP contribution in [0.1, 0.15) is 47.0 Å². The average molecular weight is 289 g/mol. The molecule has 2 atom stereocenters. The highest BCUT2D eigenvalue weighted by atomic mass is 28.4. The Morgan fingerprint density at radius 2 is 1.89 bits per heavy atom. The van der Waals surface area contributed by atoms with Crippen LogP contribution in [0.5, 0.6) is 0 Å². The molecule has 4 nitrogen and oxygen atoms in total. The lowest BCUT2D eigenvalue weighted by atomic mass is 9.95. The minimum Gasteiger partial charge on any atom is -0.374 e. The Morgan fingerprint density at radius 1 is 1.21 bits per heavy atom. The van der Waals surface area contributed by atoms with Gasteiger partial charge in [-0.1, -0.05) is 13.3 Å². The van der Waals surface area contributed by atoms with Crippen molar-refractivity contribution >= 4 is 8.80 Å². The maximum Gasteiger partial charge on any atom is 0.501 e. The molecule has 1 aliphatic rings. The zero-order valence-electron chi connectivity index (χ0n) is 13.0. The first-order valence-corrected chi connectivity index (χ1v) is 9.77. The lowest BCUT2D eigenvalue weighted by Gasteiger charge is -2.36. The molecule has 1 fully saturated rings. The summed E-state index contributed by atoms with van der Waals surface area (Å²) in [5, 5.41) is 3.45. The zero-order chi connectivity index (χ0) is 14.1. The summed E-state index contributed by atoms with van der Waals surface area (Å²) in [7, 11) is -2.47. The molecule has 1 N–H and O–H groups in total. The first kappa shape index (κ1) is 17.1. The van der Waals surface area contributed by atoms with E-state index in [2.05, 4.69) is 19.2 Å². The Morgan fingerprint density at radius 3 is 2.37 bits per heavy atom. The SMILES string of the molecule is CCC[Si](OCC)(OCC)OC(C)C1CCCNC1. The second kappa shape index (κ2) is 9.08. The van der Waals surface area contributed by atoms with Gasteiger partial charge in [-0.15, -0.1) is 0 Å². The highest BCUT2D eigenvalue weighted by Gasteiger charge is 2.42. The van der Waals surface area contributed by atoms with E-state index >= 15 is 0 Å². The van der Waals surface area contributed by atoms with Crippen molar-refractivity contribution in [3.05, 3.63) is 0 Å². The Balaban J connectivity index is 2.62. The largest absolute Gasteiger partial charge is 0.501 e. The van der Waals surface area contributed by atoms with Crippen LogP contribution in [0.3, 0.4) is 0 Å². The molecule has 0 aromatic rings. The topological polar surface area (TPSA) is 39.7 Å². The lowest BCUT2D eigenvalue weighted by molar-refractivity contribution is 0.0121. The number of hydrogen-bond donors (Lipinski definition) is 1.